The molecule has 0 aliphatic carbocycles. The van der Waals surface area contributed by atoms with Gasteiger partial charge in [0.2, 0.25) is 5.90 Å². The van der Waals surface area contributed by atoms with E-state index in [4.69, 9.17) is 14.0 Å². The number of hydrogen-bond donors (Lipinski definition) is 0. The van der Waals surface area contributed by atoms with Crippen molar-refractivity contribution in [1.82, 2.24) is 5.16 Å². The van der Waals surface area contributed by atoms with Gasteiger partial charge in [-0.1, -0.05) is 5.16 Å². The number of nitrogens with zero attached hydrogens (tertiary/aromatic N) is 2. The Bertz CT molecular complexity index is 647. The Labute approximate surface area is 136 Å². The number of aromatic nitrogens is 1. The molecule has 0 unspecified atom stereocenters. The van der Waals surface area contributed by atoms with Gasteiger partial charge < -0.3 is 14.0 Å². The van der Waals surface area contributed by atoms with E-state index >= 15 is 0 Å². The molecule has 0 saturated carbocycles. The maximum Gasteiger partial charge on any atom is 0.216 e. The van der Waals surface area contributed by atoms with E-state index in [1.54, 1.807) is 0 Å². The van der Waals surface area contributed by atoms with Gasteiger partial charge >= 0.3 is 0 Å². The van der Waals surface area contributed by atoms with E-state index in [1.165, 1.54) is 0 Å². The smallest absolute Gasteiger partial charge is 0.216 e. The Morgan fingerprint density at radius 1 is 1.13 bits per heavy atom. The van der Waals surface area contributed by atoms with Crippen LogP contribution in [0.2, 0.25) is 0 Å². The predicted molar refractivity (Wildman–Crippen MR) is 88.1 cm³/mol. The van der Waals surface area contributed by atoms with Gasteiger partial charge in [0.25, 0.3) is 0 Å². The van der Waals surface area contributed by atoms with Crippen LogP contribution in [-0.2, 0) is 11.2 Å². The second-order valence-corrected chi connectivity index (χ2v) is 5.65. The summed E-state index contributed by atoms with van der Waals surface area (Å²) in [6.45, 7) is 4.08. The molecule has 1 aromatic carbocycles. The number of rotatable bonds is 8. The quantitative estimate of drug-likeness (QED) is 0.699. The van der Waals surface area contributed by atoms with E-state index in [1.807, 2.05) is 37.3 Å². The summed E-state index contributed by atoms with van der Waals surface area (Å²) >= 11 is 0. The number of unbranched alkanes of at least 4 members (excludes halogenated alkanes) is 2. The van der Waals surface area contributed by atoms with E-state index in [0.29, 0.717) is 6.61 Å². The molecular formula is C18H22N2O3. The first-order valence-electron chi connectivity index (χ1n) is 8.14. The summed E-state index contributed by atoms with van der Waals surface area (Å²) in [6.07, 6.45) is 4.22. The molecule has 5 heteroatoms. The van der Waals surface area contributed by atoms with E-state index < -0.39 is 0 Å². The highest BCUT2D eigenvalue weighted by molar-refractivity contribution is 5.94. The third-order valence-corrected chi connectivity index (χ3v) is 3.71. The van der Waals surface area contributed by atoms with Crippen LogP contribution in [0.5, 0.6) is 5.75 Å². The van der Waals surface area contributed by atoms with Crippen molar-refractivity contribution in [3.63, 3.8) is 0 Å². The minimum absolute atomic E-state index is 0.682. The van der Waals surface area contributed by atoms with E-state index in [-0.39, 0.29) is 0 Å². The molecule has 0 N–H and O–H groups in total. The lowest BCUT2D eigenvalue weighted by molar-refractivity contribution is 0.305. The Morgan fingerprint density at radius 2 is 2.00 bits per heavy atom. The van der Waals surface area contributed by atoms with Crippen molar-refractivity contribution < 1.29 is 14.0 Å². The topological polar surface area (TPSA) is 56.9 Å². The number of hydrogen-bond acceptors (Lipinski definition) is 5. The third-order valence-electron chi connectivity index (χ3n) is 3.71. The van der Waals surface area contributed by atoms with Crippen molar-refractivity contribution in [3.05, 3.63) is 47.3 Å². The second kappa shape index (κ2) is 7.81. The molecule has 2 heterocycles. The van der Waals surface area contributed by atoms with Crippen LogP contribution in [0.1, 0.15) is 36.3 Å². The average Bonchev–Trinajstić information content (AvgIpc) is 3.23. The molecule has 23 heavy (non-hydrogen) atoms. The monoisotopic (exact) mass is 314 g/mol. The fourth-order valence-electron chi connectivity index (χ4n) is 2.51. The molecule has 0 saturated heterocycles. The minimum atomic E-state index is 0.682. The van der Waals surface area contributed by atoms with Gasteiger partial charge in [0, 0.05) is 11.6 Å². The maximum atomic E-state index is 5.77. The molecule has 3 rings (SSSR count). The first-order chi connectivity index (χ1) is 11.3. The van der Waals surface area contributed by atoms with Crippen molar-refractivity contribution in [2.75, 3.05) is 19.8 Å². The minimum Gasteiger partial charge on any atom is -0.494 e. The number of ether oxygens (including phenoxy) is 2. The number of aliphatic imine (C=N–C) groups is 1. The molecule has 0 radical (unpaired) electrons. The second-order valence-electron chi connectivity index (χ2n) is 5.65. The lowest BCUT2D eigenvalue weighted by Gasteiger charge is -2.07. The molecule has 0 fully saturated rings. The molecule has 1 aliphatic heterocycles. The molecule has 2 aromatic rings. The lowest BCUT2D eigenvalue weighted by Crippen LogP contribution is -2.02. The van der Waals surface area contributed by atoms with Crippen LogP contribution >= 0.6 is 0 Å². The van der Waals surface area contributed by atoms with Gasteiger partial charge in [-0.2, -0.15) is 0 Å². The van der Waals surface area contributed by atoms with Crippen LogP contribution in [0.15, 0.2) is 39.8 Å². The molecule has 0 spiro atoms. The van der Waals surface area contributed by atoms with Crippen LogP contribution in [0.3, 0.4) is 0 Å². The predicted octanol–water partition coefficient (Wildman–Crippen LogP) is 3.55. The normalized spacial score (nSPS) is 13.7. The summed E-state index contributed by atoms with van der Waals surface area (Å²) in [5.74, 6) is 2.50. The number of aryl methyl sites for hydroxylation is 2. The SMILES string of the molecule is Cc1cc(CCCCCOc2ccc(C3=NCCO3)cc2)no1. The van der Waals surface area contributed by atoms with Crippen LogP contribution < -0.4 is 4.74 Å². The van der Waals surface area contributed by atoms with Gasteiger partial charge in [-0.25, -0.2) is 4.99 Å². The highest BCUT2D eigenvalue weighted by Gasteiger charge is 2.09. The Balaban J connectivity index is 1.32. The fraction of sp³-hybridized carbons (Fsp3) is 0.444. The highest BCUT2D eigenvalue weighted by Crippen LogP contribution is 2.15. The summed E-state index contributed by atoms with van der Waals surface area (Å²) in [4.78, 5) is 4.30. The fourth-order valence-corrected chi connectivity index (χ4v) is 2.51. The molecule has 1 aliphatic rings. The van der Waals surface area contributed by atoms with Gasteiger partial charge in [0.05, 0.1) is 18.8 Å². The highest BCUT2D eigenvalue weighted by atomic mass is 16.5. The molecule has 0 atom stereocenters. The van der Waals surface area contributed by atoms with Crippen LogP contribution in [0.4, 0.5) is 0 Å². The van der Waals surface area contributed by atoms with Crippen LogP contribution in [0.25, 0.3) is 0 Å². The molecule has 122 valence electrons. The van der Waals surface area contributed by atoms with E-state index in [2.05, 4.69) is 10.1 Å². The van der Waals surface area contributed by atoms with E-state index in [0.717, 1.165) is 67.5 Å². The van der Waals surface area contributed by atoms with Crippen LogP contribution in [-0.4, -0.2) is 30.8 Å². The van der Waals surface area contributed by atoms with E-state index in [9.17, 15) is 0 Å². The zero-order valence-corrected chi connectivity index (χ0v) is 13.5. The van der Waals surface area contributed by atoms with Gasteiger partial charge in [0.15, 0.2) is 0 Å². The summed E-state index contributed by atoms with van der Waals surface area (Å²) in [7, 11) is 0. The van der Waals surface area contributed by atoms with Gasteiger partial charge in [-0.15, -0.1) is 0 Å². The molecule has 1 aromatic heterocycles. The van der Waals surface area contributed by atoms with Crippen molar-refractivity contribution in [2.45, 2.75) is 32.6 Å². The molecule has 5 nitrogen and oxygen atoms in total. The largest absolute Gasteiger partial charge is 0.494 e. The Kier molecular flexibility index (Phi) is 5.29. The summed E-state index contributed by atoms with van der Waals surface area (Å²) in [6, 6.07) is 9.92. The maximum absolute atomic E-state index is 5.77. The number of benzene rings is 1. The summed E-state index contributed by atoms with van der Waals surface area (Å²) in [5.41, 5.74) is 2.05. The summed E-state index contributed by atoms with van der Waals surface area (Å²) < 4.78 is 16.3. The van der Waals surface area contributed by atoms with Crippen molar-refractivity contribution in [3.8, 4) is 5.75 Å². The zero-order valence-electron chi connectivity index (χ0n) is 13.5. The average molecular weight is 314 g/mol. The van der Waals surface area contributed by atoms with Gasteiger partial charge in [-0.05, 0) is 56.9 Å². The summed E-state index contributed by atoms with van der Waals surface area (Å²) in [5, 5.41) is 4.00. The molecule has 0 amide bonds. The Hall–Kier alpha value is -2.30. The first kappa shape index (κ1) is 15.6. The molecule has 0 bridgehead atoms. The standard InChI is InChI=1S/C18H22N2O3/c1-14-13-16(20-23-14)5-3-2-4-11-21-17-8-6-15(7-9-17)18-19-10-12-22-18/h6-9,13H,2-5,10-12H2,1H3. The van der Waals surface area contributed by atoms with Crippen molar-refractivity contribution in [1.29, 1.82) is 0 Å². The first-order valence-corrected chi connectivity index (χ1v) is 8.14. The zero-order chi connectivity index (χ0) is 15.9. The van der Waals surface area contributed by atoms with Crippen molar-refractivity contribution >= 4 is 5.90 Å². The third kappa shape index (κ3) is 4.58. The lowest BCUT2D eigenvalue weighted by atomic mass is 10.1. The van der Waals surface area contributed by atoms with Crippen molar-refractivity contribution in [2.24, 2.45) is 4.99 Å². The molecular weight excluding hydrogens is 292 g/mol. The Morgan fingerprint density at radius 3 is 2.70 bits per heavy atom. The van der Waals surface area contributed by atoms with Gasteiger partial charge in [-0.3, -0.25) is 0 Å². The van der Waals surface area contributed by atoms with Gasteiger partial charge in [0.1, 0.15) is 18.1 Å². The van der Waals surface area contributed by atoms with Crippen LogP contribution in [0, 0.1) is 6.92 Å².